The van der Waals surface area contributed by atoms with Crippen LogP contribution in [0.4, 0.5) is 34.1 Å². The van der Waals surface area contributed by atoms with Crippen molar-refractivity contribution in [2.45, 2.75) is 104 Å². The van der Waals surface area contributed by atoms with Crippen LogP contribution in [0, 0.1) is 5.92 Å². The topological polar surface area (TPSA) is 470 Å². The highest BCUT2D eigenvalue weighted by Crippen LogP contribution is 2.34. The Hall–Kier alpha value is -10.6. The highest BCUT2D eigenvalue weighted by atomic mass is 79.9. The molecule has 120 heavy (non-hydrogen) atoms. The Morgan fingerprint density at radius 1 is 0.425 bits per heavy atom. The quantitative estimate of drug-likeness (QED) is 0.0142. The van der Waals surface area contributed by atoms with Crippen LogP contribution in [0.2, 0.25) is 0 Å². The van der Waals surface area contributed by atoms with E-state index in [1.165, 1.54) is 44.9 Å². The summed E-state index contributed by atoms with van der Waals surface area (Å²) < 4.78 is 176. The summed E-state index contributed by atoms with van der Waals surface area (Å²) in [6.07, 6.45) is 4.75. The van der Waals surface area contributed by atoms with Crippen LogP contribution in [0.5, 0.6) is 17.2 Å². The number of aromatic hydroxyl groups is 1. The minimum Gasteiger partial charge on any atom is -0.506 e. The summed E-state index contributed by atoms with van der Waals surface area (Å²) in [6, 6.07) is 57.9. The second-order valence-electron chi connectivity index (χ2n) is 28.8. The molecule has 0 fully saturated rings. The predicted molar refractivity (Wildman–Crippen MR) is 483 cm³/mol. The minimum atomic E-state index is -3.77. The van der Waals surface area contributed by atoms with Crippen molar-refractivity contribution in [1.82, 2.24) is 24.8 Å². The van der Waals surface area contributed by atoms with Crippen LogP contribution in [0.15, 0.2) is 216 Å². The van der Waals surface area contributed by atoms with Crippen LogP contribution in [-0.4, -0.2) is 166 Å². The highest BCUT2D eigenvalue weighted by Gasteiger charge is 2.29. The number of amidine groups is 6. The molecule has 40 heteroatoms. The molecule has 13 N–H and O–H groups in total. The van der Waals surface area contributed by atoms with Crippen molar-refractivity contribution in [2.24, 2.45) is 34.1 Å². The number of hydrogen-bond acceptors (Lipinski definition) is 24. The van der Waals surface area contributed by atoms with Crippen LogP contribution in [0.3, 0.4) is 0 Å². The number of rotatable bonds is 31. The van der Waals surface area contributed by atoms with Gasteiger partial charge in [0.1, 0.15) is 30.5 Å². The molecule has 5 atom stereocenters. The average Bonchev–Trinajstić information content (AvgIpc) is 1.70. The number of nitrogens with one attached hydrogen (secondary N) is 11. The molecule has 8 aromatic rings. The summed E-state index contributed by atoms with van der Waals surface area (Å²) in [5.41, 5.74) is 10.8. The van der Waals surface area contributed by atoms with E-state index in [4.69, 9.17) is 9.47 Å². The van der Waals surface area contributed by atoms with E-state index in [0.717, 1.165) is 76.0 Å². The van der Waals surface area contributed by atoms with Crippen LogP contribution in [0.25, 0.3) is 0 Å². The van der Waals surface area contributed by atoms with E-state index in [0.29, 0.717) is 71.9 Å². The number of nitrogens with zero attached hydrogens (tertiary/aromatic N) is 6. The predicted octanol–water partition coefficient (Wildman–Crippen LogP) is 10.1. The van der Waals surface area contributed by atoms with Crippen LogP contribution < -0.4 is 64.4 Å². The Bertz CT molecular complexity index is 5760. The largest absolute Gasteiger partial charge is 0.506 e. The van der Waals surface area contributed by atoms with Crippen molar-refractivity contribution in [3.8, 4) is 17.2 Å². The van der Waals surface area contributed by atoms with E-state index in [9.17, 15) is 60.7 Å². The lowest BCUT2D eigenvalue weighted by Crippen LogP contribution is -2.32. The monoisotopic (exact) mass is 1830 g/mol. The summed E-state index contributed by atoms with van der Waals surface area (Å²) in [6.45, 7) is 14.1. The summed E-state index contributed by atoms with van der Waals surface area (Å²) in [5, 5.41) is 36.8. The Morgan fingerprint density at radius 3 is 1.11 bits per heavy atom. The normalized spacial score (nSPS) is 16.7. The molecule has 0 amide bonds. The van der Waals surface area contributed by atoms with Gasteiger partial charge in [-0.1, -0.05) is 159 Å². The van der Waals surface area contributed by atoms with Gasteiger partial charge < -0.3 is 46.3 Å². The maximum Gasteiger partial charge on any atom is 0.345 e. The number of halogens is 1. The van der Waals surface area contributed by atoms with Gasteiger partial charge in [0.15, 0.2) is 35.0 Å². The first-order valence-corrected chi connectivity index (χ1v) is 48.6. The molecule has 0 aromatic heterocycles. The number of sulfonamides is 3. The van der Waals surface area contributed by atoms with E-state index in [-0.39, 0.29) is 76.9 Å². The van der Waals surface area contributed by atoms with Crippen LogP contribution >= 0.6 is 15.9 Å². The molecule has 3 unspecified atom stereocenters. The molecule has 0 saturated carbocycles. The lowest BCUT2D eigenvalue weighted by atomic mass is 9.99. The Morgan fingerprint density at radius 2 is 0.758 bits per heavy atom. The second kappa shape index (κ2) is 43.1. The first-order valence-electron chi connectivity index (χ1n) is 37.5. The molecule has 3 heterocycles. The van der Waals surface area contributed by atoms with Gasteiger partial charge in [-0.15, -0.1) is 13.2 Å². The van der Waals surface area contributed by atoms with Crippen molar-refractivity contribution < 1.29 is 70.2 Å². The molecular formula is C80H102BrN17O16S6. The van der Waals surface area contributed by atoms with Gasteiger partial charge in [0.2, 0.25) is 30.1 Å². The molecular weight excluding hydrogens is 1730 g/mol. The zero-order chi connectivity index (χ0) is 87.8. The zero-order valence-corrected chi connectivity index (χ0v) is 74.6. The Kier molecular flexibility index (Phi) is 34.1. The number of alkyl halides is 1. The van der Waals surface area contributed by atoms with Gasteiger partial charge in [-0.05, 0) is 168 Å². The van der Waals surface area contributed by atoms with Crippen LogP contribution in [-0.2, 0) is 93.2 Å². The van der Waals surface area contributed by atoms with Gasteiger partial charge >= 0.3 is 30.6 Å². The van der Waals surface area contributed by atoms with Crippen molar-refractivity contribution in [3.05, 3.63) is 233 Å². The van der Waals surface area contributed by atoms with Crippen molar-refractivity contribution in [3.63, 3.8) is 0 Å². The fraction of sp³-hybridized carbons (Fsp3) is 0.325. The third-order valence-corrected chi connectivity index (χ3v) is 23.0. The number of hydrogen-bond donors (Lipinski definition) is 13. The molecule has 646 valence electrons. The number of phenols is 1. The second-order valence-corrected chi connectivity index (χ2v) is 38.7. The molecule has 11 rings (SSSR count). The number of ether oxygens (including phenoxy) is 2. The number of phenolic OH excluding ortho intramolecular Hbond substituents is 1. The van der Waals surface area contributed by atoms with Gasteiger partial charge in [-0.3, -0.25) is 29.1 Å². The summed E-state index contributed by atoms with van der Waals surface area (Å²) in [4.78, 5) is 11.6. The number of aliphatic hydroxyl groups is 1. The number of anilines is 6. The minimum absolute atomic E-state index is 0.0000692. The van der Waals surface area contributed by atoms with E-state index >= 15 is 0 Å². The first-order chi connectivity index (χ1) is 56.5. The molecule has 33 nitrogen and oxygen atoms in total. The van der Waals surface area contributed by atoms with Gasteiger partial charge in [-0.2, -0.15) is 25.3 Å². The van der Waals surface area contributed by atoms with E-state index < -0.39 is 66.8 Å². The first kappa shape index (κ1) is 94.9. The zero-order valence-electron chi connectivity index (χ0n) is 68.1. The average molecular weight is 1830 g/mol. The Labute approximate surface area is 712 Å². The smallest absolute Gasteiger partial charge is 0.345 e. The molecule has 0 spiro atoms. The molecule has 0 aliphatic carbocycles. The molecule has 0 saturated heterocycles. The lowest BCUT2D eigenvalue weighted by Gasteiger charge is -2.20. The van der Waals surface area contributed by atoms with Gasteiger partial charge in [0, 0.05) is 68.7 Å². The summed E-state index contributed by atoms with van der Waals surface area (Å²) >= 11 is 3.45. The lowest BCUT2D eigenvalue weighted by molar-refractivity contribution is 0.170. The van der Waals surface area contributed by atoms with Crippen molar-refractivity contribution in [2.75, 3.05) is 88.4 Å². The molecule has 3 aliphatic rings. The molecule has 3 aliphatic heterocycles. The Balaban J connectivity index is 0.000000207. The molecule has 0 radical (unpaired) electrons. The van der Waals surface area contributed by atoms with Crippen LogP contribution in [0.1, 0.15) is 104 Å². The van der Waals surface area contributed by atoms with E-state index in [2.05, 4.69) is 134 Å². The van der Waals surface area contributed by atoms with E-state index in [1.807, 2.05) is 159 Å². The van der Waals surface area contributed by atoms with Crippen molar-refractivity contribution in [1.29, 1.82) is 0 Å². The fourth-order valence-electron chi connectivity index (χ4n) is 11.7. The third kappa shape index (κ3) is 31.9. The standard InChI is InChI=1S/C29H36N6O5S2.C21H28N6O6S2.C17H20BrNO3S.C13H18N4O2S/c1-20(24-12-15-27(26(17-24)33-41(4,36)37)40-19-23-8-6-5-7-9-23)18-31-21(2)16-22-10-13-25(14-11-22)32-29-28(30-3)34-42(38,39)35-29;1-13(23-12-19(29)15-6-9-18(28)17(11-15)25-34(3,30)31)10-14-4-7-16(8-5-14)24-21-20(22-2)26-35(32,33)27-21;1-13(11-18)15-8-9-17(16(10-15)19-23(2,20)21)22-12-14-6-4-3-5-7-14;1-9(2)8-10-4-6-11(7-5-10)15-13-12(14-3)16-20(18,19)17-13/h5-15,17,20-21,31,33H,16,18-19H2,1-4H3,(H,30,34)(H,32,35);4-9,11,13,19,23,25,28-29H,10,12H2,1-3H3,(H,22,26)(H,24,27);3-10,13,19H,11-12H2,1-2H3;4-7,9H,8H2,1-3H3,(H,14,16)(H,15,17)/t20-,21?;;13-;/m0.0./s1. The van der Waals surface area contributed by atoms with Gasteiger partial charge in [0.25, 0.3) is 0 Å². The summed E-state index contributed by atoms with van der Waals surface area (Å²) in [5.74, 6) is 2.74. The van der Waals surface area contributed by atoms with Gasteiger partial charge in [-0.25, -0.2) is 39.4 Å². The van der Waals surface area contributed by atoms with Crippen molar-refractivity contribution >= 4 is 146 Å². The highest BCUT2D eigenvalue weighted by molar-refractivity contribution is 9.09. The SMILES string of the molecule is CN=C1NS(=O)(=O)N=C1Nc1ccc(CC(C)C)cc1.CN=C1NS(=O)(=O)N=C1Nc1ccc(CC(C)NCC(O)c2ccc(O)c(NS(C)(=O)=O)c2)cc1.CN=C1NS(=O)(=O)N=C1Nc1ccc(CC(C)NC[C@H](C)c2ccc(OCc3ccccc3)c(NS(C)(=O)=O)c2)cc1.C[C@@H](CBr)c1ccc(OCc2ccccc2)c(NS(C)(=O)=O)c1. The maximum atomic E-state index is 12.0. The summed E-state index contributed by atoms with van der Waals surface area (Å²) in [7, 11) is -17.2. The number of aliphatic imine (C=N–C) groups is 3. The molecule has 0 bridgehead atoms. The number of aliphatic hydroxyl groups excluding tert-OH is 1. The molecule has 8 aromatic carbocycles. The fourth-order valence-corrected chi connectivity index (χ4v) is 16.3. The van der Waals surface area contributed by atoms with Gasteiger partial charge in [0.05, 0.1) is 41.9 Å². The number of benzene rings is 8. The van der Waals surface area contributed by atoms with E-state index in [1.54, 1.807) is 18.2 Å². The maximum absolute atomic E-state index is 12.0. The third-order valence-electron chi connectivity index (χ3n) is 17.6.